The summed E-state index contributed by atoms with van der Waals surface area (Å²) in [5, 5.41) is 3.36. The minimum atomic E-state index is -3.35. The number of hydrogen-bond donors (Lipinski definition) is 1. The highest BCUT2D eigenvalue weighted by Crippen LogP contribution is 2.27. The van der Waals surface area contributed by atoms with Gasteiger partial charge in [0, 0.05) is 25.3 Å². The van der Waals surface area contributed by atoms with Crippen LogP contribution in [0.25, 0.3) is 0 Å². The first-order chi connectivity index (χ1) is 12.5. The number of halogens is 1. The molecule has 5 nitrogen and oxygen atoms in total. The summed E-state index contributed by atoms with van der Waals surface area (Å²) in [4.78, 5) is 6.89. The summed E-state index contributed by atoms with van der Waals surface area (Å²) in [5.74, 6) is 0.771. The quantitative estimate of drug-likeness (QED) is 0.389. The molecule has 2 aromatic carbocycles. The van der Waals surface area contributed by atoms with Crippen molar-refractivity contribution in [2.45, 2.75) is 30.7 Å². The average Bonchev–Trinajstić information content (AvgIpc) is 3.10. The standard InChI is InChI=1S/C20H25N3O2S.HI/c1-3-17(15-26(24,25)18-10-5-4-6-11-18)22-20(21-2)23-14-13-16-9-7-8-12-19(16)23;/h4-12,17H,3,13-15H2,1-2H3,(H,21,22);1H. The molecule has 3 rings (SSSR count). The predicted molar refractivity (Wildman–Crippen MR) is 122 cm³/mol. The number of para-hydroxylation sites is 1. The number of benzene rings is 2. The van der Waals surface area contributed by atoms with Crippen molar-refractivity contribution in [2.75, 3.05) is 24.2 Å². The molecule has 1 aliphatic rings. The second kappa shape index (κ2) is 9.54. The Bertz CT molecular complexity index is 885. The van der Waals surface area contributed by atoms with Crippen molar-refractivity contribution in [1.82, 2.24) is 5.32 Å². The molecule has 2 aromatic rings. The molecule has 0 aromatic heterocycles. The molecule has 146 valence electrons. The van der Waals surface area contributed by atoms with E-state index in [2.05, 4.69) is 27.3 Å². The van der Waals surface area contributed by atoms with Gasteiger partial charge in [-0.1, -0.05) is 43.3 Å². The average molecular weight is 499 g/mol. The molecule has 0 saturated carbocycles. The lowest BCUT2D eigenvalue weighted by molar-refractivity contribution is 0.571. The zero-order valence-corrected chi connectivity index (χ0v) is 18.8. The second-order valence-corrected chi connectivity index (χ2v) is 8.46. The maximum Gasteiger partial charge on any atom is 0.198 e. The molecule has 0 aliphatic carbocycles. The van der Waals surface area contributed by atoms with Crippen molar-refractivity contribution in [1.29, 1.82) is 0 Å². The highest BCUT2D eigenvalue weighted by molar-refractivity contribution is 14.0. The van der Waals surface area contributed by atoms with Crippen LogP contribution < -0.4 is 10.2 Å². The van der Waals surface area contributed by atoms with Crippen LogP contribution in [0.3, 0.4) is 0 Å². The van der Waals surface area contributed by atoms with Gasteiger partial charge in [-0.05, 0) is 36.6 Å². The van der Waals surface area contributed by atoms with Crippen LogP contribution in [0.15, 0.2) is 64.5 Å². The molecule has 0 radical (unpaired) electrons. The Morgan fingerprint density at radius 3 is 2.48 bits per heavy atom. The summed E-state index contributed by atoms with van der Waals surface area (Å²) in [7, 11) is -1.61. The highest BCUT2D eigenvalue weighted by atomic mass is 127. The van der Waals surface area contributed by atoms with Gasteiger partial charge in [0.1, 0.15) is 0 Å². The molecule has 1 unspecified atom stereocenters. The third kappa shape index (κ3) is 5.01. The number of anilines is 1. The second-order valence-electron chi connectivity index (χ2n) is 6.42. The van der Waals surface area contributed by atoms with E-state index < -0.39 is 9.84 Å². The van der Waals surface area contributed by atoms with Crippen LogP contribution in [0.4, 0.5) is 5.69 Å². The highest BCUT2D eigenvalue weighted by Gasteiger charge is 2.26. The maximum absolute atomic E-state index is 12.7. The Kier molecular flexibility index (Phi) is 7.67. The summed E-state index contributed by atoms with van der Waals surface area (Å²) in [5.41, 5.74) is 2.43. The van der Waals surface area contributed by atoms with Crippen molar-refractivity contribution >= 4 is 45.5 Å². The van der Waals surface area contributed by atoms with Gasteiger partial charge < -0.3 is 10.2 Å². The van der Waals surface area contributed by atoms with Crippen molar-refractivity contribution < 1.29 is 8.42 Å². The van der Waals surface area contributed by atoms with Crippen molar-refractivity contribution in [2.24, 2.45) is 4.99 Å². The van der Waals surface area contributed by atoms with Crippen LogP contribution in [-0.4, -0.2) is 39.8 Å². The van der Waals surface area contributed by atoms with Crippen LogP contribution >= 0.6 is 24.0 Å². The number of hydrogen-bond acceptors (Lipinski definition) is 3. The number of guanidine groups is 1. The molecular weight excluding hydrogens is 473 g/mol. The van der Waals surface area contributed by atoms with Gasteiger partial charge in [-0.15, -0.1) is 24.0 Å². The number of nitrogens with zero attached hydrogens (tertiary/aromatic N) is 2. The van der Waals surface area contributed by atoms with Gasteiger partial charge in [0.25, 0.3) is 0 Å². The molecule has 0 fully saturated rings. The van der Waals surface area contributed by atoms with Crippen LogP contribution in [0.2, 0.25) is 0 Å². The van der Waals surface area contributed by atoms with Gasteiger partial charge in [0.2, 0.25) is 0 Å². The first-order valence-electron chi connectivity index (χ1n) is 8.91. The number of sulfone groups is 1. The van der Waals surface area contributed by atoms with E-state index in [-0.39, 0.29) is 35.8 Å². The van der Waals surface area contributed by atoms with Gasteiger partial charge in [-0.2, -0.15) is 0 Å². The normalized spacial score (nSPS) is 15.0. The first-order valence-corrected chi connectivity index (χ1v) is 10.6. The Hall–Kier alpha value is -1.61. The van der Waals surface area contributed by atoms with Crippen LogP contribution in [0.5, 0.6) is 0 Å². The molecule has 1 N–H and O–H groups in total. The van der Waals surface area contributed by atoms with E-state index >= 15 is 0 Å². The van der Waals surface area contributed by atoms with E-state index in [1.165, 1.54) is 5.56 Å². The Morgan fingerprint density at radius 1 is 1.15 bits per heavy atom. The van der Waals surface area contributed by atoms with Gasteiger partial charge >= 0.3 is 0 Å². The lowest BCUT2D eigenvalue weighted by atomic mass is 10.2. The fourth-order valence-corrected chi connectivity index (χ4v) is 4.87. The molecule has 0 spiro atoms. The summed E-state index contributed by atoms with van der Waals surface area (Å²) in [6.45, 7) is 2.84. The summed E-state index contributed by atoms with van der Waals surface area (Å²) >= 11 is 0. The number of rotatable bonds is 5. The zero-order valence-electron chi connectivity index (χ0n) is 15.6. The third-order valence-electron chi connectivity index (χ3n) is 4.70. The van der Waals surface area contributed by atoms with Crippen LogP contribution in [0, 0.1) is 0 Å². The van der Waals surface area contributed by atoms with Gasteiger partial charge in [0.15, 0.2) is 15.8 Å². The van der Waals surface area contributed by atoms with Crippen molar-refractivity contribution in [3.8, 4) is 0 Å². The molecular formula is C20H26IN3O2S. The third-order valence-corrected chi connectivity index (χ3v) is 6.54. The van der Waals surface area contributed by atoms with Crippen molar-refractivity contribution in [3.63, 3.8) is 0 Å². The fraction of sp³-hybridized carbons (Fsp3) is 0.350. The number of aliphatic imine (C=N–C) groups is 1. The molecule has 27 heavy (non-hydrogen) atoms. The minimum absolute atomic E-state index is 0. The maximum atomic E-state index is 12.7. The zero-order chi connectivity index (χ0) is 18.6. The van der Waals surface area contributed by atoms with Crippen molar-refractivity contribution in [3.05, 3.63) is 60.2 Å². The summed E-state index contributed by atoms with van der Waals surface area (Å²) in [6, 6.07) is 16.7. The van der Waals surface area contributed by atoms with Gasteiger partial charge in [0.05, 0.1) is 10.6 Å². The van der Waals surface area contributed by atoms with E-state index in [4.69, 9.17) is 0 Å². The summed E-state index contributed by atoms with van der Waals surface area (Å²) < 4.78 is 25.4. The SMILES string of the molecule is CCC(CS(=O)(=O)c1ccccc1)NC(=NC)N1CCc2ccccc21.I. The Balaban J connectivity index is 0.00000261. The molecule has 0 amide bonds. The smallest absolute Gasteiger partial charge is 0.198 e. The van der Waals surface area contributed by atoms with Gasteiger partial charge in [-0.25, -0.2) is 8.42 Å². The van der Waals surface area contributed by atoms with E-state index in [1.54, 1.807) is 31.3 Å². The fourth-order valence-electron chi connectivity index (χ4n) is 3.25. The molecule has 1 aliphatic heterocycles. The summed E-state index contributed by atoms with van der Waals surface area (Å²) in [6.07, 6.45) is 1.66. The minimum Gasteiger partial charge on any atom is -0.352 e. The first kappa shape index (κ1) is 21.7. The lowest BCUT2D eigenvalue weighted by Crippen LogP contribution is -2.47. The predicted octanol–water partition coefficient (Wildman–Crippen LogP) is 3.50. The van der Waals surface area contributed by atoms with E-state index in [0.717, 1.165) is 24.6 Å². The van der Waals surface area contributed by atoms with E-state index in [0.29, 0.717) is 11.3 Å². The van der Waals surface area contributed by atoms with Crippen LogP contribution in [0.1, 0.15) is 18.9 Å². The number of nitrogens with one attached hydrogen (secondary N) is 1. The molecule has 7 heteroatoms. The molecule has 0 bridgehead atoms. The largest absolute Gasteiger partial charge is 0.352 e. The monoisotopic (exact) mass is 499 g/mol. The lowest BCUT2D eigenvalue weighted by Gasteiger charge is -2.26. The molecule has 1 heterocycles. The molecule has 1 atom stereocenters. The van der Waals surface area contributed by atoms with E-state index in [9.17, 15) is 8.42 Å². The number of fused-ring (bicyclic) bond motifs is 1. The Morgan fingerprint density at radius 2 is 1.81 bits per heavy atom. The van der Waals surface area contributed by atoms with E-state index in [1.807, 2.05) is 25.1 Å². The molecule has 0 saturated heterocycles. The Labute approximate surface area is 178 Å². The van der Waals surface area contributed by atoms with Crippen LogP contribution in [-0.2, 0) is 16.3 Å². The topological polar surface area (TPSA) is 61.8 Å². The van der Waals surface area contributed by atoms with Gasteiger partial charge in [-0.3, -0.25) is 4.99 Å².